The summed E-state index contributed by atoms with van der Waals surface area (Å²) in [7, 11) is 8.43. The molecule has 1 heterocycles. The highest BCUT2D eigenvalue weighted by atomic mass is 127. The van der Waals surface area contributed by atoms with Crippen LogP contribution < -0.4 is 34.6 Å². The maximum Gasteiger partial charge on any atom is 0.158 e. The van der Waals surface area contributed by atoms with E-state index in [1.54, 1.807) is 0 Å². The van der Waals surface area contributed by atoms with Crippen molar-refractivity contribution in [2.24, 2.45) is 0 Å². The lowest BCUT2D eigenvalue weighted by atomic mass is 10.4. The number of nitrogens with zero attached hydrogens (tertiary/aromatic N) is 1. The van der Waals surface area contributed by atoms with Crippen LogP contribution >= 0.6 is 11.8 Å². The predicted octanol–water partition coefficient (Wildman–Crippen LogP) is -0.607. The van der Waals surface area contributed by atoms with Gasteiger partial charge in [0.1, 0.15) is 12.3 Å². The minimum absolute atomic E-state index is 0. The van der Waals surface area contributed by atoms with Crippen LogP contribution in [-0.2, 0) is 12.3 Å². The van der Waals surface area contributed by atoms with Crippen LogP contribution in [0.4, 0.5) is 0 Å². The summed E-state index contributed by atoms with van der Waals surface area (Å²) in [5, 5.41) is 6.44. The van der Waals surface area contributed by atoms with Crippen molar-refractivity contribution in [3.05, 3.63) is 35.6 Å². The van der Waals surface area contributed by atoms with Gasteiger partial charge in [0.2, 0.25) is 0 Å². The first-order chi connectivity index (χ1) is 9.44. The standard InChI is InChI=1S/C15H28N3OS.HI/c1-6-15(16-2)17-9-10-20-12-14-8-7-13(19-14)11-18(3,4)5;/h6-8,16-17H,9-12H2,1-5H3;1H/q+1;/p-1. The molecule has 0 saturated carbocycles. The SMILES string of the molecule is CC=C(NC)NCCSCc1ccc(C[N+](C)(C)C)o1.[I-]. The third-order valence-electron chi connectivity index (χ3n) is 2.71. The van der Waals surface area contributed by atoms with Gasteiger partial charge in [-0.15, -0.1) is 0 Å². The van der Waals surface area contributed by atoms with Gasteiger partial charge in [0, 0.05) is 19.3 Å². The van der Waals surface area contributed by atoms with Gasteiger partial charge in [-0.1, -0.05) is 0 Å². The maximum atomic E-state index is 5.85. The Kier molecular flexibility index (Phi) is 10.2. The van der Waals surface area contributed by atoms with Gasteiger partial charge in [0.05, 0.1) is 32.7 Å². The van der Waals surface area contributed by atoms with Crippen molar-refractivity contribution in [2.75, 3.05) is 40.5 Å². The summed E-state index contributed by atoms with van der Waals surface area (Å²) in [6.07, 6.45) is 2.04. The molecule has 0 aliphatic carbocycles. The Balaban J connectivity index is 0.00000400. The fourth-order valence-corrected chi connectivity index (χ4v) is 2.56. The molecule has 1 rings (SSSR count). The van der Waals surface area contributed by atoms with Crippen molar-refractivity contribution in [1.82, 2.24) is 10.6 Å². The van der Waals surface area contributed by atoms with Crippen LogP contribution in [0.5, 0.6) is 0 Å². The number of halogens is 1. The number of hydrogen-bond acceptors (Lipinski definition) is 4. The molecular formula is C15H28IN3OS. The number of quaternary nitrogens is 1. The first-order valence-electron chi connectivity index (χ1n) is 6.98. The normalized spacial score (nSPS) is 12.0. The van der Waals surface area contributed by atoms with Crippen LogP contribution in [0.2, 0.25) is 0 Å². The molecule has 21 heavy (non-hydrogen) atoms. The van der Waals surface area contributed by atoms with Crippen LogP contribution in [-0.4, -0.2) is 45.0 Å². The molecule has 4 nitrogen and oxygen atoms in total. The van der Waals surface area contributed by atoms with Gasteiger partial charge < -0.3 is 43.5 Å². The largest absolute Gasteiger partial charge is 1.00 e. The summed E-state index contributed by atoms with van der Waals surface area (Å²) in [5.74, 6) is 5.21. The van der Waals surface area contributed by atoms with E-state index in [0.717, 1.165) is 46.4 Å². The van der Waals surface area contributed by atoms with Crippen molar-refractivity contribution < 1.29 is 32.9 Å². The Labute approximate surface area is 150 Å². The van der Waals surface area contributed by atoms with Crippen LogP contribution in [0.1, 0.15) is 18.4 Å². The lowest BCUT2D eigenvalue weighted by molar-refractivity contribution is -0.884. The summed E-state index contributed by atoms with van der Waals surface area (Å²) in [4.78, 5) is 0. The monoisotopic (exact) mass is 425 g/mol. The molecule has 0 spiro atoms. The molecule has 0 unspecified atom stereocenters. The molecule has 0 aromatic carbocycles. The third-order valence-corrected chi connectivity index (χ3v) is 3.69. The van der Waals surface area contributed by atoms with E-state index in [-0.39, 0.29) is 24.0 Å². The zero-order valence-corrected chi connectivity index (χ0v) is 16.7. The van der Waals surface area contributed by atoms with Gasteiger partial charge in [-0.3, -0.25) is 0 Å². The second kappa shape index (κ2) is 10.4. The van der Waals surface area contributed by atoms with Crippen LogP contribution in [0.3, 0.4) is 0 Å². The minimum Gasteiger partial charge on any atom is -1.00 e. The molecule has 0 atom stereocenters. The molecule has 1 aromatic heterocycles. The molecular weight excluding hydrogens is 397 g/mol. The molecule has 0 aliphatic rings. The Morgan fingerprint density at radius 1 is 1.29 bits per heavy atom. The molecule has 6 heteroatoms. The Morgan fingerprint density at radius 3 is 2.52 bits per heavy atom. The quantitative estimate of drug-likeness (QED) is 0.315. The van der Waals surface area contributed by atoms with Gasteiger partial charge in [0.15, 0.2) is 5.76 Å². The van der Waals surface area contributed by atoms with Crippen LogP contribution in [0.15, 0.2) is 28.4 Å². The van der Waals surface area contributed by atoms with E-state index in [1.807, 2.05) is 31.8 Å². The average molecular weight is 425 g/mol. The van der Waals surface area contributed by atoms with Crippen molar-refractivity contribution in [3.8, 4) is 0 Å². The fraction of sp³-hybridized carbons (Fsp3) is 0.600. The summed E-state index contributed by atoms with van der Waals surface area (Å²) in [5.41, 5.74) is 0. The van der Waals surface area contributed by atoms with Gasteiger partial charge in [-0.05, 0) is 25.1 Å². The number of hydrogen-bond donors (Lipinski definition) is 2. The van der Waals surface area contributed by atoms with E-state index >= 15 is 0 Å². The number of furan rings is 1. The lowest BCUT2D eigenvalue weighted by Crippen LogP contribution is -3.00. The summed E-state index contributed by atoms with van der Waals surface area (Å²) in [6.45, 7) is 3.90. The zero-order valence-electron chi connectivity index (χ0n) is 13.7. The second-order valence-corrected chi connectivity index (χ2v) is 6.85. The van der Waals surface area contributed by atoms with Gasteiger partial charge in [-0.2, -0.15) is 11.8 Å². The minimum atomic E-state index is 0. The van der Waals surface area contributed by atoms with Crippen molar-refractivity contribution in [1.29, 1.82) is 0 Å². The van der Waals surface area contributed by atoms with E-state index < -0.39 is 0 Å². The van der Waals surface area contributed by atoms with Gasteiger partial charge >= 0.3 is 0 Å². The highest BCUT2D eigenvalue weighted by Crippen LogP contribution is 2.17. The molecule has 2 N–H and O–H groups in total. The topological polar surface area (TPSA) is 37.2 Å². The Hall–Kier alpha value is -0.340. The summed E-state index contributed by atoms with van der Waals surface area (Å²) < 4.78 is 6.74. The number of thioether (sulfide) groups is 1. The summed E-state index contributed by atoms with van der Waals surface area (Å²) >= 11 is 1.88. The first-order valence-corrected chi connectivity index (χ1v) is 8.14. The van der Waals surface area contributed by atoms with E-state index in [0.29, 0.717) is 0 Å². The molecule has 122 valence electrons. The number of allylic oxidation sites excluding steroid dienone is 1. The van der Waals surface area contributed by atoms with Crippen molar-refractivity contribution >= 4 is 11.8 Å². The molecule has 0 radical (unpaired) electrons. The highest BCUT2D eigenvalue weighted by molar-refractivity contribution is 7.98. The predicted molar refractivity (Wildman–Crippen MR) is 87.4 cm³/mol. The van der Waals surface area contributed by atoms with Gasteiger partial charge in [0.25, 0.3) is 0 Å². The van der Waals surface area contributed by atoms with Crippen LogP contribution in [0.25, 0.3) is 0 Å². The molecule has 0 bridgehead atoms. The lowest BCUT2D eigenvalue weighted by Gasteiger charge is -2.22. The molecule has 0 aliphatic heterocycles. The van der Waals surface area contributed by atoms with E-state index in [1.165, 1.54) is 0 Å². The molecule has 0 amide bonds. The first kappa shape index (κ1) is 20.7. The summed E-state index contributed by atoms with van der Waals surface area (Å²) in [6, 6.07) is 4.19. The maximum absolute atomic E-state index is 5.85. The highest BCUT2D eigenvalue weighted by Gasteiger charge is 2.12. The van der Waals surface area contributed by atoms with E-state index in [9.17, 15) is 0 Å². The van der Waals surface area contributed by atoms with E-state index in [2.05, 4.69) is 43.9 Å². The van der Waals surface area contributed by atoms with Crippen LogP contribution in [0, 0.1) is 0 Å². The molecule has 1 aromatic rings. The van der Waals surface area contributed by atoms with E-state index in [4.69, 9.17) is 4.42 Å². The number of rotatable bonds is 9. The smallest absolute Gasteiger partial charge is 0.158 e. The third kappa shape index (κ3) is 9.31. The average Bonchev–Trinajstić information content (AvgIpc) is 2.79. The van der Waals surface area contributed by atoms with Gasteiger partial charge in [-0.25, -0.2) is 0 Å². The fourth-order valence-electron chi connectivity index (χ4n) is 1.82. The van der Waals surface area contributed by atoms with Crippen molar-refractivity contribution in [3.63, 3.8) is 0 Å². The Bertz CT molecular complexity index is 427. The Morgan fingerprint density at radius 2 is 1.95 bits per heavy atom. The number of nitrogens with one attached hydrogen (secondary N) is 2. The molecule has 0 fully saturated rings. The molecule has 0 saturated heterocycles. The zero-order chi connectivity index (χ0) is 15.0. The van der Waals surface area contributed by atoms with Crippen molar-refractivity contribution in [2.45, 2.75) is 19.2 Å². The second-order valence-electron chi connectivity index (χ2n) is 5.75.